The Kier molecular flexibility index (Phi) is 4.95. The Morgan fingerprint density at radius 2 is 1.90 bits per heavy atom. The van der Waals surface area contributed by atoms with Gasteiger partial charge in [-0.3, -0.25) is 4.68 Å². The van der Waals surface area contributed by atoms with Gasteiger partial charge in [-0.1, -0.05) is 0 Å². The fraction of sp³-hybridized carbons (Fsp3) is 0.318. The topological polar surface area (TPSA) is 87.1 Å². The summed E-state index contributed by atoms with van der Waals surface area (Å²) in [7, 11) is 5.74. The van der Waals surface area contributed by atoms with Gasteiger partial charge in [0.15, 0.2) is 0 Å². The van der Waals surface area contributed by atoms with Crippen molar-refractivity contribution in [2.24, 2.45) is 7.05 Å². The largest absolute Gasteiger partial charge is 0.494 e. The molecule has 1 aromatic carbocycles. The molecule has 4 aromatic rings. The first-order chi connectivity index (χ1) is 15.1. The highest BCUT2D eigenvalue weighted by molar-refractivity contribution is 5.91. The van der Waals surface area contributed by atoms with Gasteiger partial charge in [-0.05, 0) is 25.2 Å². The van der Waals surface area contributed by atoms with Crippen LogP contribution in [0.15, 0.2) is 42.9 Å². The van der Waals surface area contributed by atoms with Gasteiger partial charge >= 0.3 is 0 Å². The Bertz CT molecular complexity index is 1210. The molecule has 31 heavy (non-hydrogen) atoms. The number of hydrogen-bond donors (Lipinski definition) is 2. The minimum absolute atomic E-state index is 0.499. The zero-order valence-electron chi connectivity index (χ0n) is 18.0. The Morgan fingerprint density at radius 1 is 1.06 bits per heavy atom. The number of hydrogen-bond acceptors (Lipinski definition) is 7. The van der Waals surface area contributed by atoms with Crippen LogP contribution in [-0.4, -0.2) is 70.0 Å². The molecule has 0 spiro atoms. The van der Waals surface area contributed by atoms with Gasteiger partial charge in [0.2, 0.25) is 5.95 Å². The molecule has 160 valence electrons. The van der Waals surface area contributed by atoms with Crippen molar-refractivity contribution < 1.29 is 4.74 Å². The number of rotatable bonds is 5. The van der Waals surface area contributed by atoms with E-state index in [1.807, 2.05) is 37.8 Å². The Labute approximate surface area is 180 Å². The maximum atomic E-state index is 5.68. The molecule has 9 heteroatoms. The monoisotopic (exact) mass is 418 g/mol. The number of nitrogens with one attached hydrogen (secondary N) is 2. The molecule has 5 rings (SSSR count). The van der Waals surface area contributed by atoms with E-state index in [-0.39, 0.29) is 0 Å². The van der Waals surface area contributed by atoms with Crippen LogP contribution in [0.4, 0.5) is 17.3 Å². The van der Waals surface area contributed by atoms with Gasteiger partial charge in [0.05, 0.1) is 24.7 Å². The molecule has 1 saturated heterocycles. The van der Waals surface area contributed by atoms with Crippen molar-refractivity contribution in [1.82, 2.24) is 29.6 Å². The van der Waals surface area contributed by atoms with Crippen LogP contribution < -0.4 is 15.0 Å². The molecule has 0 amide bonds. The lowest BCUT2D eigenvalue weighted by Crippen LogP contribution is -2.44. The number of aromatic nitrogens is 5. The number of H-pyrrole nitrogens is 1. The van der Waals surface area contributed by atoms with E-state index >= 15 is 0 Å². The second-order valence-corrected chi connectivity index (χ2v) is 7.84. The summed E-state index contributed by atoms with van der Waals surface area (Å²) in [6.07, 6.45) is 5.63. The number of piperazine rings is 1. The van der Waals surface area contributed by atoms with Gasteiger partial charge in [0, 0.05) is 68.3 Å². The average Bonchev–Trinajstić information content (AvgIpc) is 3.43. The highest BCUT2D eigenvalue weighted by Crippen LogP contribution is 2.33. The Morgan fingerprint density at radius 3 is 2.65 bits per heavy atom. The first-order valence-electron chi connectivity index (χ1n) is 10.3. The molecule has 0 unspecified atom stereocenters. The average molecular weight is 419 g/mol. The Balaban J connectivity index is 1.47. The quantitative estimate of drug-likeness (QED) is 0.515. The Hall–Kier alpha value is -3.59. The van der Waals surface area contributed by atoms with Crippen LogP contribution in [0.5, 0.6) is 5.75 Å². The van der Waals surface area contributed by atoms with Gasteiger partial charge in [0.1, 0.15) is 11.4 Å². The SMILES string of the molecule is COc1cc(N2CCN(C)CC2)ccc1Nc1nc(-c2cnn(C)c2)c2cc[nH]c2n1. The van der Waals surface area contributed by atoms with Crippen LogP contribution in [0.3, 0.4) is 0 Å². The summed E-state index contributed by atoms with van der Waals surface area (Å²) in [4.78, 5) is 17.3. The smallest absolute Gasteiger partial charge is 0.229 e. The van der Waals surface area contributed by atoms with E-state index in [0.717, 1.165) is 65.6 Å². The molecule has 1 fully saturated rings. The lowest BCUT2D eigenvalue weighted by atomic mass is 10.2. The maximum Gasteiger partial charge on any atom is 0.229 e. The summed E-state index contributed by atoms with van der Waals surface area (Å²) in [6, 6.07) is 8.19. The highest BCUT2D eigenvalue weighted by atomic mass is 16.5. The van der Waals surface area contributed by atoms with E-state index in [4.69, 9.17) is 9.72 Å². The van der Waals surface area contributed by atoms with Crippen molar-refractivity contribution in [1.29, 1.82) is 0 Å². The van der Waals surface area contributed by atoms with E-state index in [1.165, 1.54) is 0 Å². The minimum atomic E-state index is 0.499. The molecule has 1 aliphatic rings. The van der Waals surface area contributed by atoms with Crippen LogP contribution in [0.1, 0.15) is 0 Å². The highest BCUT2D eigenvalue weighted by Gasteiger charge is 2.17. The molecule has 9 nitrogen and oxygen atoms in total. The number of methoxy groups -OCH3 is 1. The molecule has 0 atom stereocenters. The zero-order valence-corrected chi connectivity index (χ0v) is 18.0. The van der Waals surface area contributed by atoms with Gasteiger partial charge in [-0.25, -0.2) is 4.98 Å². The van der Waals surface area contributed by atoms with E-state index in [1.54, 1.807) is 11.8 Å². The molecule has 3 aromatic heterocycles. The molecule has 0 bridgehead atoms. The van der Waals surface area contributed by atoms with Gasteiger partial charge < -0.3 is 24.8 Å². The van der Waals surface area contributed by atoms with Crippen LogP contribution >= 0.6 is 0 Å². The maximum absolute atomic E-state index is 5.68. The minimum Gasteiger partial charge on any atom is -0.494 e. The number of fused-ring (bicyclic) bond motifs is 1. The summed E-state index contributed by atoms with van der Waals surface area (Å²) in [5.41, 5.74) is 4.52. The summed E-state index contributed by atoms with van der Waals surface area (Å²) in [5, 5.41) is 8.57. The summed E-state index contributed by atoms with van der Waals surface area (Å²) in [6.45, 7) is 4.13. The number of anilines is 3. The van der Waals surface area contributed by atoms with Crippen LogP contribution in [0.25, 0.3) is 22.3 Å². The number of aryl methyl sites for hydroxylation is 1. The van der Waals surface area contributed by atoms with Crippen molar-refractivity contribution in [2.75, 3.05) is 50.6 Å². The van der Waals surface area contributed by atoms with Gasteiger partial charge in [-0.15, -0.1) is 0 Å². The number of aromatic amines is 1. The third kappa shape index (κ3) is 3.79. The third-order valence-corrected chi connectivity index (χ3v) is 5.69. The molecule has 1 aliphatic heterocycles. The van der Waals surface area contributed by atoms with Crippen molar-refractivity contribution in [3.05, 3.63) is 42.9 Å². The van der Waals surface area contributed by atoms with Crippen molar-refractivity contribution >= 4 is 28.4 Å². The molecule has 0 saturated carbocycles. The summed E-state index contributed by atoms with van der Waals surface area (Å²) >= 11 is 0. The zero-order chi connectivity index (χ0) is 21.4. The molecule has 0 aliphatic carbocycles. The van der Waals surface area contributed by atoms with Crippen LogP contribution in [0, 0.1) is 0 Å². The first kappa shape index (κ1) is 19.4. The molecular weight excluding hydrogens is 392 g/mol. The predicted molar refractivity (Wildman–Crippen MR) is 122 cm³/mol. The number of ether oxygens (including phenoxy) is 1. The molecule has 2 N–H and O–H groups in total. The summed E-state index contributed by atoms with van der Waals surface area (Å²) in [5.74, 6) is 1.26. The lowest BCUT2D eigenvalue weighted by molar-refractivity contribution is 0.312. The predicted octanol–water partition coefficient (Wildman–Crippen LogP) is 2.86. The van der Waals surface area contributed by atoms with Crippen LogP contribution in [0.2, 0.25) is 0 Å². The van der Waals surface area contributed by atoms with Crippen LogP contribution in [-0.2, 0) is 7.05 Å². The normalized spacial score (nSPS) is 14.9. The van der Waals surface area contributed by atoms with Crippen molar-refractivity contribution in [2.45, 2.75) is 0 Å². The lowest BCUT2D eigenvalue weighted by Gasteiger charge is -2.34. The van der Waals surface area contributed by atoms with E-state index < -0.39 is 0 Å². The van der Waals surface area contributed by atoms with E-state index in [9.17, 15) is 0 Å². The van der Waals surface area contributed by atoms with Crippen molar-refractivity contribution in [3.8, 4) is 17.0 Å². The van der Waals surface area contributed by atoms with E-state index in [2.05, 4.69) is 49.4 Å². The first-order valence-corrected chi connectivity index (χ1v) is 10.3. The fourth-order valence-electron chi connectivity index (χ4n) is 3.93. The number of nitrogens with zero attached hydrogens (tertiary/aromatic N) is 6. The number of likely N-dealkylation sites (N-methyl/N-ethyl adjacent to an activating group) is 1. The van der Waals surface area contributed by atoms with Gasteiger partial charge in [-0.2, -0.15) is 10.1 Å². The van der Waals surface area contributed by atoms with Gasteiger partial charge in [0.25, 0.3) is 0 Å². The second-order valence-electron chi connectivity index (χ2n) is 7.84. The molecular formula is C22H26N8O. The second kappa shape index (κ2) is 7.92. The standard InChI is InChI=1S/C22H26N8O/c1-28-8-10-30(11-9-28)16-4-5-18(19(12-16)31-3)25-22-26-20(15-13-24-29(2)14-15)17-6-7-23-21(17)27-22/h4-7,12-14H,8-11H2,1-3H3,(H2,23,25,26,27). The summed E-state index contributed by atoms with van der Waals surface area (Å²) < 4.78 is 7.45. The number of benzene rings is 1. The van der Waals surface area contributed by atoms with E-state index in [0.29, 0.717) is 5.95 Å². The third-order valence-electron chi connectivity index (χ3n) is 5.69. The van der Waals surface area contributed by atoms with Crippen molar-refractivity contribution in [3.63, 3.8) is 0 Å². The molecule has 4 heterocycles. The molecule has 0 radical (unpaired) electrons. The fourth-order valence-corrected chi connectivity index (χ4v) is 3.93.